The molecule has 2 amide bonds. The van der Waals surface area contributed by atoms with Crippen LogP contribution < -0.4 is 4.90 Å². The molecule has 1 aromatic carbocycles. The molecule has 2 aliphatic heterocycles. The van der Waals surface area contributed by atoms with Crippen LogP contribution >= 0.6 is 0 Å². The molecule has 0 saturated carbocycles. The summed E-state index contributed by atoms with van der Waals surface area (Å²) >= 11 is 0. The Bertz CT molecular complexity index is 698. The van der Waals surface area contributed by atoms with E-state index in [1.54, 1.807) is 24.3 Å². The maximum atomic E-state index is 12.6. The molecule has 22 heavy (non-hydrogen) atoms. The van der Waals surface area contributed by atoms with Crippen molar-refractivity contribution in [2.45, 2.75) is 18.8 Å². The predicted molar refractivity (Wildman–Crippen MR) is 78.6 cm³/mol. The molecule has 0 aromatic heterocycles. The first-order chi connectivity index (χ1) is 10.5. The molecular weight excluding hydrogens is 286 g/mol. The van der Waals surface area contributed by atoms with Crippen LogP contribution in [0.2, 0.25) is 0 Å². The first-order valence-electron chi connectivity index (χ1n) is 6.96. The zero-order valence-electron chi connectivity index (χ0n) is 12.0. The number of carboxylic acids is 1. The van der Waals surface area contributed by atoms with E-state index in [9.17, 15) is 19.5 Å². The number of hydrogen-bond donors (Lipinski definition) is 1. The van der Waals surface area contributed by atoms with Crippen molar-refractivity contribution in [3.05, 3.63) is 29.8 Å². The highest BCUT2D eigenvalue weighted by Crippen LogP contribution is 2.36. The number of fused-ring (bicyclic) bond motifs is 1. The second kappa shape index (κ2) is 5.25. The number of carboxylic acid groups (broad SMARTS) is 1. The monoisotopic (exact) mass is 301 g/mol. The summed E-state index contributed by atoms with van der Waals surface area (Å²) in [6, 6.07) is 6.98. The first-order valence-corrected chi connectivity index (χ1v) is 6.96. The Morgan fingerprint density at radius 2 is 2.00 bits per heavy atom. The van der Waals surface area contributed by atoms with Gasteiger partial charge in [-0.15, -0.1) is 0 Å². The van der Waals surface area contributed by atoms with Crippen LogP contribution in [0.3, 0.4) is 0 Å². The minimum absolute atomic E-state index is 0.0875. The van der Waals surface area contributed by atoms with Gasteiger partial charge in [0.25, 0.3) is 5.91 Å². The standard InChI is InChI=1S/C15H15N3O4/c1-17-13(19)7-6-11(16-17)14(20)18-8-10(15(21)22)9-4-2-3-5-12(9)18/h2-5,10H,6-8H2,1H3,(H,21,22)/t10-/m0/s1. The van der Waals surface area contributed by atoms with Crippen molar-refractivity contribution in [3.8, 4) is 0 Å². The zero-order valence-corrected chi connectivity index (χ0v) is 12.0. The highest BCUT2D eigenvalue weighted by Gasteiger charge is 2.38. The third-order valence-electron chi connectivity index (χ3n) is 3.97. The number of para-hydroxylation sites is 1. The Morgan fingerprint density at radius 1 is 1.27 bits per heavy atom. The summed E-state index contributed by atoms with van der Waals surface area (Å²) in [4.78, 5) is 36.9. The van der Waals surface area contributed by atoms with Gasteiger partial charge < -0.3 is 10.0 Å². The molecule has 0 unspecified atom stereocenters. The number of aliphatic carboxylic acids is 1. The molecule has 0 fully saturated rings. The first kappa shape index (κ1) is 14.2. The lowest BCUT2D eigenvalue weighted by molar-refractivity contribution is -0.138. The van der Waals surface area contributed by atoms with E-state index in [4.69, 9.17) is 0 Å². The van der Waals surface area contributed by atoms with Gasteiger partial charge in [0.05, 0.1) is 0 Å². The number of carbonyl (C=O) groups excluding carboxylic acids is 2. The van der Waals surface area contributed by atoms with Crippen molar-refractivity contribution in [3.63, 3.8) is 0 Å². The van der Waals surface area contributed by atoms with Gasteiger partial charge in [0.15, 0.2) is 0 Å². The van der Waals surface area contributed by atoms with Crippen LogP contribution in [0.4, 0.5) is 5.69 Å². The molecule has 7 heteroatoms. The zero-order chi connectivity index (χ0) is 15.9. The minimum Gasteiger partial charge on any atom is -0.481 e. The van der Waals surface area contributed by atoms with Crippen LogP contribution in [0.15, 0.2) is 29.4 Å². The number of benzene rings is 1. The molecule has 0 aliphatic carbocycles. The van der Waals surface area contributed by atoms with Gasteiger partial charge >= 0.3 is 5.97 Å². The van der Waals surface area contributed by atoms with Crippen LogP contribution in [-0.2, 0) is 14.4 Å². The van der Waals surface area contributed by atoms with E-state index in [1.807, 2.05) is 0 Å². The lowest BCUT2D eigenvalue weighted by Gasteiger charge is -2.23. The van der Waals surface area contributed by atoms with E-state index in [0.29, 0.717) is 11.3 Å². The van der Waals surface area contributed by atoms with E-state index < -0.39 is 11.9 Å². The molecule has 3 rings (SSSR count). The number of nitrogens with zero attached hydrogens (tertiary/aromatic N) is 3. The summed E-state index contributed by atoms with van der Waals surface area (Å²) in [6.07, 6.45) is 0.511. The van der Waals surface area contributed by atoms with E-state index in [2.05, 4.69) is 5.10 Å². The van der Waals surface area contributed by atoms with Gasteiger partial charge in [0.1, 0.15) is 11.6 Å². The second-order valence-corrected chi connectivity index (χ2v) is 5.33. The van der Waals surface area contributed by atoms with Crippen molar-refractivity contribution in [1.82, 2.24) is 5.01 Å². The van der Waals surface area contributed by atoms with Crippen molar-refractivity contribution in [1.29, 1.82) is 0 Å². The fraction of sp³-hybridized carbons (Fsp3) is 0.333. The number of rotatable bonds is 2. The number of hydrogen-bond acceptors (Lipinski definition) is 4. The predicted octanol–water partition coefficient (Wildman–Crippen LogP) is 0.810. The van der Waals surface area contributed by atoms with E-state index in [-0.39, 0.29) is 36.9 Å². The smallest absolute Gasteiger partial charge is 0.312 e. The Morgan fingerprint density at radius 3 is 2.68 bits per heavy atom. The maximum absolute atomic E-state index is 12.6. The molecule has 2 heterocycles. The van der Waals surface area contributed by atoms with Crippen molar-refractivity contribution < 1.29 is 19.5 Å². The van der Waals surface area contributed by atoms with Crippen LogP contribution in [0.1, 0.15) is 24.3 Å². The molecule has 114 valence electrons. The van der Waals surface area contributed by atoms with Crippen LogP contribution in [0.25, 0.3) is 0 Å². The van der Waals surface area contributed by atoms with Gasteiger partial charge in [0.2, 0.25) is 5.91 Å². The van der Waals surface area contributed by atoms with Crippen molar-refractivity contribution in [2.24, 2.45) is 5.10 Å². The Balaban J connectivity index is 1.93. The SMILES string of the molecule is CN1N=C(C(=O)N2C[C@H](C(=O)O)c3ccccc32)CCC1=O. The van der Waals surface area contributed by atoms with Gasteiger partial charge in [-0.25, -0.2) is 5.01 Å². The third kappa shape index (κ3) is 2.24. The quantitative estimate of drug-likeness (QED) is 0.875. The molecule has 7 nitrogen and oxygen atoms in total. The summed E-state index contributed by atoms with van der Waals surface area (Å²) in [5.41, 5.74) is 1.51. The largest absolute Gasteiger partial charge is 0.481 e. The van der Waals surface area contributed by atoms with Gasteiger partial charge in [-0.05, 0) is 11.6 Å². The Hall–Kier alpha value is -2.70. The molecule has 1 aromatic rings. The van der Waals surface area contributed by atoms with E-state index in [1.165, 1.54) is 11.9 Å². The van der Waals surface area contributed by atoms with E-state index >= 15 is 0 Å². The lowest BCUT2D eigenvalue weighted by Crippen LogP contribution is -2.40. The second-order valence-electron chi connectivity index (χ2n) is 5.33. The highest BCUT2D eigenvalue weighted by molar-refractivity contribution is 6.44. The number of hydrazone groups is 1. The molecule has 2 aliphatic rings. The highest BCUT2D eigenvalue weighted by atomic mass is 16.4. The molecule has 0 radical (unpaired) electrons. The van der Waals surface area contributed by atoms with Gasteiger partial charge in [-0.3, -0.25) is 14.4 Å². The summed E-state index contributed by atoms with van der Waals surface area (Å²) in [5.74, 6) is -2.17. The van der Waals surface area contributed by atoms with Crippen LogP contribution in [0.5, 0.6) is 0 Å². The summed E-state index contributed by atoms with van der Waals surface area (Å²) in [6.45, 7) is 0.0875. The normalized spacial score (nSPS) is 20.7. The average Bonchev–Trinajstić information content (AvgIpc) is 2.89. The third-order valence-corrected chi connectivity index (χ3v) is 3.97. The maximum Gasteiger partial charge on any atom is 0.312 e. The molecule has 0 saturated heterocycles. The summed E-state index contributed by atoms with van der Waals surface area (Å²) < 4.78 is 0. The van der Waals surface area contributed by atoms with Gasteiger partial charge in [-0.1, -0.05) is 18.2 Å². The number of anilines is 1. The molecule has 0 bridgehead atoms. The van der Waals surface area contributed by atoms with Crippen LogP contribution in [0, 0.1) is 0 Å². The summed E-state index contributed by atoms with van der Waals surface area (Å²) in [5, 5.41) is 14.5. The molecular formula is C15H15N3O4. The molecule has 0 spiro atoms. The summed E-state index contributed by atoms with van der Waals surface area (Å²) in [7, 11) is 1.51. The number of amides is 2. The van der Waals surface area contributed by atoms with E-state index in [0.717, 1.165) is 5.01 Å². The van der Waals surface area contributed by atoms with Crippen molar-refractivity contribution in [2.75, 3.05) is 18.5 Å². The molecule has 1 N–H and O–H groups in total. The fourth-order valence-corrected chi connectivity index (χ4v) is 2.79. The van der Waals surface area contributed by atoms with Gasteiger partial charge in [0, 0.05) is 32.1 Å². The van der Waals surface area contributed by atoms with Gasteiger partial charge in [-0.2, -0.15) is 5.10 Å². The fourth-order valence-electron chi connectivity index (χ4n) is 2.79. The number of carbonyl (C=O) groups is 3. The Kier molecular flexibility index (Phi) is 3.40. The Labute approximate surface area is 126 Å². The lowest BCUT2D eigenvalue weighted by atomic mass is 10.0. The molecule has 1 atom stereocenters. The topological polar surface area (TPSA) is 90.3 Å². The van der Waals surface area contributed by atoms with Crippen LogP contribution in [-0.4, -0.2) is 47.2 Å². The average molecular weight is 301 g/mol. The minimum atomic E-state index is -0.958. The van der Waals surface area contributed by atoms with Crippen molar-refractivity contribution >= 4 is 29.2 Å².